The van der Waals surface area contributed by atoms with E-state index >= 15 is 0 Å². The number of aromatic hydroxyl groups is 1. The van der Waals surface area contributed by atoms with Gasteiger partial charge in [0, 0.05) is 16.5 Å². The third-order valence-electron chi connectivity index (χ3n) is 2.97. The highest BCUT2D eigenvalue weighted by molar-refractivity contribution is 5.86. The van der Waals surface area contributed by atoms with Crippen molar-refractivity contribution in [2.24, 2.45) is 0 Å². The van der Waals surface area contributed by atoms with Crippen LogP contribution < -0.4 is 0 Å². The Kier molecular flexibility index (Phi) is 2.15. The van der Waals surface area contributed by atoms with Gasteiger partial charge in [-0.3, -0.25) is 0 Å². The number of hydrogen-bond acceptors (Lipinski definition) is 1. The smallest absolute Gasteiger partial charge is 0.125 e. The summed E-state index contributed by atoms with van der Waals surface area (Å²) < 4.78 is 0. The van der Waals surface area contributed by atoms with Crippen molar-refractivity contribution >= 4 is 10.9 Å². The van der Waals surface area contributed by atoms with Gasteiger partial charge < -0.3 is 10.1 Å². The van der Waals surface area contributed by atoms with E-state index in [1.165, 1.54) is 0 Å². The number of hydrogen-bond donors (Lipinski definition) is 2. The van der Waals surface area contributed by atoms with Crippen molar-refractivity contribution < 1.29 is 5.11 Å². The van der Waals surface area contributed by atoms with Gasteiger partial charge in [0.1, 0.15) is 5.75 Å². The molecule has 0 saturated carbocycles. The van der Waals surface area contributed by atoms with Gasteiger partial charge in [-0.05, 0) is 36.8 Å². The van der Waals surface area contributed by atoms with Gasteiger partial charge in [-0.15, -0.1) is 0 Å². The predicted molar refractivity (Wildman–Crippen MR) is 70.1 cm³/mol. The first-order valence-corrected chi connectivity index (χ1v) is 5.62. The molecule has 1 heterocycles. The molecular weight excluding hydrogens is 210 g/mol. The van der Waals surface area contributed by atoms with Gasteiger partial charge in [0.05, 0.1) is 5.69 Å². The Labute approximate surface area is 99.5 Å². The van der Waals surface area contributed by atoms with Crippen LogP contribution in [0.2, 0.25) is 0 Å². The van der Waals surface area contributed by atoms with Gasteiger partial charge in [-0.2, -0.15) is 0 Å². The maximum absolute atomic E-state index is 9.95. The summed E-state index contributed by atoms with van der Waals surface area (Å²) in [6, 6.07) is 15.9. The molecule has 3 aromatic rings. The van der Waals surface area contributed by atoms with Crippen molar-refractivity contribution in [3.05, 3.63) is 54.1 Å². The molecule has 0 aliphatic rings. The molecule has 0 aliphatic carbocycles. The fraction of sp³-hybridized carbons (Fsp3) is 0.0667. The van der Waals surface area contributed by atoms with E-state index in [0.29, 0.717) is 5.75 Å². The summed E-state index contributed by atoms with van der Waals surface area (Å²) in [5.41, 5.74) is 3.93. The Bertz CT molecular complexity index is 649. The van der Waals surface area contributed by atoms with Crippen molar-refractivity contribution in [2.45, 2.75) is 6.92 Å². The van der Waals surface area contributed by atoms with Crippen molar-refractivity contribution in [3.63, 3.8) is 0 Å². The van der Waals surface area contributed by atoms with Crippen molar-refractivity contribution in [1.82, 2.24) is 4.98 Å². The number of para-hydroxylation sites is 1. The fourth-order valence-electron chi connectivity index (χ4n) is 2.09. The maximum Gasteiger partial charge on any atom is 0.125 e. The minimum atomic E-state index is 0.316. The van der Waals surface area contributed by atoms with E-state index in [0.717, 1.165) is 27.7 Å². The number of phenols is 1. The summed E-state index contributed by atoms with van der Waals surface area (Å²) in [6.07, 6.45) is 0. The molecule has 2 aromatic carbocycles. The Morgan fingerprint density at radius 2 is 1.82 bits per heavy atom. The van der Waals surface area contributed by atoms with E-state index in [1.807, 2.05) is 37.3 Å². The van der Waals surface area contributed by atoms with Crippen LogP contribution in [0.5, 0.6) is 5.75 Å². The monoisotopic (exact) mass is 223 g/mol. The largest absolute Gasteiger partial charge is 0.507 e. The zero-order chi connectivity index (χ0) is 11.8. The van der Waals surface area contributed by atoms with Crippen LogP contribution in [0, 0.1) is 6.92 Å². The number of H-pyrrole nitrogens is 1. The topological polar surface area (TPSA) is 36.0 Å². The molecule has 0 fully saturated rings. The lowest BCUT2D eigenvalue weighted by Gasteiger charge is -2.02. The van der Waals surface area contributed by atoms with E-state index in [1.54, 1.807) is 6.07 Å². The van der Waals surface area contributed by atoms with Gasteiger partial charge in [-0.1, -0.05) is 24.3 Å². The SMILES string of the molecule is Cc1ccc(-c2cc3ccccc3[nH]2)c(O)c1. The molecule has 2 N–H and O–H groups in total. The molecule has 1 aromatic heterocycles. The molecule has 2 heteroatoms. The van der Waals surface area contributed by atoms with Crippen molar-refractivity contribution in [2.75, 3.05) is 0 Å². The van der Waals surface area contributed by atoms with Crippen molar-refractivity contribution in [3.8, 4) is 17.0 Å². The van der Waals surface area contributed by atoms with E-state index in [-0.39, 0.29) is 0 Å². The van der Waals surface area contributed by atoms with Crippen LogP contribution in [-0.4, -0.2) is 10.1 Å². The Morgan fingerprint density at radius 1 is 1.00 bits per heavy atom. The van der Waals surface area contributed by atoms with Gasteiger partial charge in [-0.25, -0.2) is 0 Å². The summed E-state index contributed by atoms with van der Waals surface area (Å²) in [4.78, 5) is 3.31. The van der Waals surface area contributed by atoms with Crippen LogP contribution in [0.15, 0.2) is 48.5 Å². The van der Waals surface area contributed by atoms with Crippen LogP contribution in [0.3, 0.4) is 0 Å². The molecule has 2 nitrogen and oxygen atoms in total. The molecule has 0 amide bonds. The molecule has 3 rings (SSSR count). The number of nitrogens with one attached hydrogen (secondary N) is 1. The standard InChI is InChI=1S/C15H13NO/c1-10-6-7-12(15(17)8-10)14-9-11-4-2-3-5-13(11)16-14/h2-9,16-17H,1H3. The van der Waals surface area contributed by atoms with Crippen LogP contribution in [0.25, 0.3) is 22.2 Å². The Balaban J connectivity index is 2.20. The Morgan fingerprint density at radius 3 is 2.59 bits per heavy atom. The third-order valence-corrected chi connectivity index (χ3v) is 2.97. The first kappa shape index (κ1) is 9.97. The van der Waals surface area contributed by atoms with E-state index in [9.17, 15) is 5.11 Å². The molecule has 84 valence electrons. The lowest BCUT2D eigenvalue weighted by atomic mass is 10.1. The minimum Gasteiger partial charge on any atom is -0.507 e. The summed E-state index contributed by atoms with van der Waals surface area (Å²) in [5, 5.41) is 11.1. The normalized spacial score (nSPS) is 10.9. The highest BCUT2D eigenvalue weighted by atomic mass is 16.3. The predicted octanol–water partition coefficient (Wildman–Crippen LogP) is 3.85. The van der Waals surface area contributed by atoms with Crippen LogP contribution in [0.1, 0.15) is 5.56 Å². The summed E-state index contributed by atoms with van der Waals surface area (Å²) in [5.74, 6) is 0.316. The van der Waals surface area contributed by atoms with E-state index < -0.39 is 0 Å². The fourth-order valence-corrected chi connectivity index (χ4v) is 2.09. The molecule has 0 radical (unpaired) electrons. The number of rotatable bonds is 1. The molecule has 0 saturated heterocycles. The zero-order valence-electron chi connectivity index (χ0n) is 9.57. The molecule has 0 unspecified atom stereocenters. The van der Waals surface area contributed by atoms with E-state index in [4.69, 9.17) is 0 Å². The number of phenolic OH excluding ortho intramolecular Hbond substituents is 1. The molecule has 17 heavy (non-hydrogen) atoms. The first-order valence-electron chi connectivity index (χ1n) is 5.62. The second-order valence-electron chi connectivity index (χ2n) is 4.29. The highest BCUT2D eigenvalue weighted by Gasteiger charge is 2.07. The average Bonchev–Trinajstić information content (AvgIpc) is 2.72. The minimum absolute atomic E-state index is 0.316. The maximum atomic E-state index is 9.95. The summed E-state index contributed by atoms with van der Waals surface area (Å²) in [7, 11) is 0. The van der Waals surface area contributed by atoms with E-state index in [2.05, 4.69) is 17.1 Å². The molecule has 0 aliphatic heterocycles. The lowest BCUT2D eigenvalue weighted by Crippen LogP contribution is -1.80. The van der Waals surface area contributed by atoms with Gasteiger partial charge in [0.25, 0.3) is 0 Å². The number of fused-ring (bicyclic) bond motifs is 1. The van der Waals surface area contributed by atoms with Crippen LogP contribution in [-0.2, 0) is 0 Å². The molecule has 0 bridgehead atoms. The number of aryl methyl sites for hydroxylation is 1. The Hall–Kier alpha value is -2.22. The number of benzene rings is 2. The van der Waals surface area contributed by atoms with Crippen molar-refractivity contribution in [1.29, 1.82) is 0 Å². The quantitative estimate of drug-likeness (QED) is 0.645. The first-order chi connectivity index (χ1) is 8.24. The second kappa shape index (κ2) is 3.67. The summed E-state index contributed by atoms with van der Waals surface area (Å²) >= 11 is 0. The lowest BCUT2D eigenvalue weighted by molar-refractivity contribution is 0.477. The van der Waals surface area contributed by atoms with Crippen LogP contribution >= 0.6 is 0 Å². The third kappa shape index (κ3) is 1.68. The van der Waals surface area contributed by atoms with Gasteiger partial charge >= 0.3 is 0 Å². The molecule has 0 spiro atoms. The average molecular weight is 223 g/mol. The number of aromatic amines is 1. The zero-order valence-corrected chi connectivity index (χ0v) is 9.57. The van der Waals surface area contributed by atoms with Gasteiger partial charge in [0.2, 0.25) is 0 Å². The number of aromatic nitrogens is 1. The highest BCUT2D eigenvalue weighted by Crippen LogP contribution is 2.31. The van der Waals surface area contributed by atoms with Crippen LogP contribution in [0.4, 0.5) is 0 Å². The van der Waals surface area contributed by atoms with Gasteiger partial charge in [0.15, 0.2) is 0 Å². The molecular formula is C15H13NO. The summed E-state index contributed by atoms with van der Waals surface area (Å²) in [6.45, 7) is 1.97. The molecule has 0 atom stereocenters. The second-order valence-corrected chi connectivity index (χ2v) is 4.29.